The smallest absolute Gasteiger partial charge is 0.408 e. The van der Waals surface area contributed by atoms with E-state index >= 15 is 0 Å². The van der Waals surface area contributed by atoms with Gasteiger partial charge in [-0.05, 0) is 38.5 Å². The maximum absolute atomic E-state index is 11.9. The topological polar surface area (TPSA) is 87.7 Å². The second-order valence-electron chi connectivity index (χ2n) is 6.28. The third-order valence-corrected chi connectivity index (χ3v) is 3.19. The summed E-state index contributed by atoms with van der Waals surface area (Å²) in [6, 6.07) is 6.71. The van der Waals surface area contributed by atoms with Crippen LogP contribution < -0.4 is 10.6 Å². The van der Waals surface area contributed by atoms with Gasteiger partial charge in [0.25, 0.3) is 5.91 Å². The molecule has 0 aliphatic carbocycles. The minimum Gasteiger partial charge on any atom is -0.445 e. The Morgan fingerprint density at radius 2 is 1.92 bits per heavy atom. The lowest BCUT2D eigenvalue weighted by atomic mass is 10.0. The van der Waals surface area contributed by atoms with Gasteiger partial charge in [-0.3, -0.25) is 4.79 Å². The van der Waals surface area contributed by atoms with Crippen molar-refractivity contribution in [1.82, 2.24) is 10.6 Å². The van der Waals surface area contributed by atoms with Crippen LogP contribution in [0.1, 0.15) is 36.7 Å². The zero-order valence-electron chi connectivity index (χ0n) is 15.0. The largest absolute Gasteiger partial charge is 0.445 e. The highest BCUT2D eigenvalue weighted by Gasteiger charge is 2.17. The van der Waals surface area contributed by atoms with Crippen molar-refractivity contribution in [3.63, 3.8) is 0 Å². The fraction of sp³-hybridized carbons (Fsp3) is 0.368. The van der Waals surface area contributed by atoms with Crippen LogP contribution in [0.2, 0.25) is 0 Å². The minimum absolute atomic E-state index is 0.102. The van der Waals surface area contributed by atoms with Gasteiger partial charge in [-0.15, -0.1) is 0 Å². The molecule has 0 saturated heterocycles. The molecule has 25 heavy (non-hydrogen) atoms. The number of aliphatic hydroxyl groups is 1. The lowest BCUT2D eigenvalue weighted by Crippen LogP contribution is -2.42. The Morgan fingerprint density at radius 1 is 1.28 bits per heavy atom. The number of hydrogen-bond donors (Lipinski definition) is 3. The molecule has 0 unspecified atom stereocenters. The van der Waals surface area contributed by atoms with Gasteiger partial charge in [0.1, 0.15) is 6.61 Å². The Balaban J connectivity index is 2.51. The molecule has 3 N–H and O–H groups in total. The molecule has 1 aromatic carbocycles. The van der Waals surface area contributed by atoms with Crippen molar-refractivity contribution in [3.05, 3.63) is 59.7 Å². The summed E-state index contributed by atoms with van der Waals surface area (Å²) in [6.07, 6.45) is 3.15. The molecular weight excluding hydrogens is 320 g/mol. The molecular formula is C19H26N2O4. The molecule has 1 rings (SSSR count). The number of benzene rings is 1. The summed E-state index contributed by atoms with van der Waals surface area (Å²) in [5, 5.41) is 14.0. The van der Waals surface area contributed by atoms with E-state index in [0.717, 1.165) is 11.1 Å². The highest BCUT2D eigenvalue weighted by atomic mass is 16.5. The zero-order chi connectivity index (χ0) is 18.9. The molecule has 136 valence electrons. The van der Waals surface area contributed by atoms with Crippen LogP contribution in [0.25, 0.3) is 0 Å². The van der Waals surface area contributed by atoms with Crippen LogP contribution in [-0.4, -0.2) is 35.8 Å². The Bertz CT molecular complexity index is 633. The fourth-order valence-corrected chi connectivity index (χ4v) is 1.86. The van der Waals surface area contributed by atoms with Gasteiger partial charge < -0.3 is 20.5 Å². The van der Waals surface area contributed by atoms with Crippen LogP contribution in [0.5, 0.6) is 0 Å². The van der Waals surface area contributed by atoms with Crippen LogP contribution in [0, 0.1) is 0 Å². The predicted octanol–water partition coefficient (Wildman–Crippen LogP) is 2.55. The summed E-state index contributed by atoms with van der Waals surface area (Å²) >= 11 is 0. The Labute approximate surface area is 148 Å². The normalized spacial score (nSPS) is 11.2. The molecule has 0 aromatic heterocycles. The van der Waals surface area contributed by atoms with Gasteiger partial charge in [0.2, 0.25) is 0 Å². The van der Waals surface area contributed by atoms with E-state index < -0.39 is 11.6 Å². The number of allylic oxidation sites excluding steroid dienone is 2. The van der Waals surface area contributed by atoms with Crippen molar-refractivity contribution in [2.24, 2.45) is 0 Å². The average Bonchev–Trinajstić information content (AvgIpc) is 2.56. The molecule has 0 atom stereocenters. The van der Waals surface area contributed by atoms with Crippen molar-refractivity contribution >= 4 is 12.0 Å². The van der Waals surface area contributed by atoms with Gasteiger partial charge in [-0.1, -0.05) is 36.4 Å². The molecule has 0 spiro atoms. The number of aliphatic hydroxyl groups excluding tert-OH is 1. The van der Waals surface area contributed by atoms with Crippen molar-refractivity contribution in [1.29, 1.82) is 0 Å². The van der Waals surface area contributed by atoms with Crippen LogP contribution in [0.3, 0.4) is 0 Å². The molecule has 0 heterocycles. The highest BCUT2D eigenvalue weighted by Crippen LogP contribution is 2.09. The number of ether oxygens (including phenoxy) is 1. The molecule has 0 saturated carbocycles. The SMILES string of the molecule is C=C(C)/C=C/C(C)(C)NC(=O)OCc1ccc(C(=O)NCCO)cc1. The summed E-state index contributed by atoms with van der Waals surface area (Å²) in [4.78, 5) is 23.6. The van der Waals surface area contributed by atoms with E-state index in [1.807, 2.05) is 32.9 Å². The number of amides is 2. The second-order valence-corrected chi connectivity index (χ2v) is 6.28. The van der Waals surface area contributed by atoms with Crippen molar-refractivity contribution in [2.45, 2.75) is 32.9 Å². The third kappa shape index (κ3) is 8.17. The van der Waals surface area contributed by atoms with Gasteiger partial charge in [0.05, 0.1) is 12.1 Å². The molecule has 0 radical (unpaired) electrons. The average molecular weight is 346 g/mol. The van der Waals surface area contributed by atoms with Gasteiger partial charge >= 0.3 is 6.09 Å². The minimum atomic E-state index is -0.551. The Morgan fingerprint density at radius 3 is 2.48 bits per heavy atom. The molecule has 0 aliphatic heterocycles. The monoisotopic (exact) mass is 346 g/mol. The molecule has 0 aliphatic rings. The van der Waals surface area contributed by atoms with Crippen molar-refractivity contribution in [2.75, 3.05) is 13.2 Å². The van der Waals surface area contributed by atoms with Crippen molar-refractivity contribution < 1.29 is 19.4 Å². The van der Waals surface area contributed by atoms with Crippen LogP contribution >= 0.6 is 0 Å². The van der Waals surface area contributed by atoms with E-state index in [0.29, 0.717) is 5.56 Å². The number of alkyl carbamates (subject to hydrolysis) is 1. The van der Waals surface area contributed by atoms with E-state index in [4.69, 9.17) is 9.84 Å². The summed E-state index contributed by atoms with van der Waals surface area (Å²) in [6.45, 7) is 9.56. The Hall–Kier alpha value is -2.60. The van der Waals surface area contributed by atoms with Gasteiger partial charge in [-0.25, -0.2) is 4.79 Å². The summed E-state index contributed by atoms with van der Waals surface area (Å²) in [5.41, 5.74) is 1.59. The first-order valence-corrected chi connectivity index (χ1v) is 8.01. The second kappa shape index (κ2) is 9.64. The van der Waals surface area contributed by atoms with E-state index in [1.165, 1.54) is 0 Å². The first-order valence-electron chi connectivity index (χ1n) is 8.01. The third-order valence-electron chi connectivity index (χ3n) is 3.19. The lowest BCUT2D eigenvalue weighted by molar-refractivity contribution is 0.0944. The first kappa shape index (κ1) is 20.4. The number of rotatable bonds is 8. The maximum Gasteiger partial charge on any atom is 0.408 e. The van der Waals surface area contributed by atoms with Crippen LogP contribution in [0.4, 0.5) is 4.79 Å². The van der Waals surface area contributed by atoms with E-state index in [9.17, 15) is 9.59 Å². The fourth-order valence-electron chi connectivity index (χ4n) is 1.86. The molecule has 6 heteroatoms. The maximum atomic E-state index is 11.9. The predicted molar refractivity (Wildman–Crippen MR) is 97.2 cm³/mol. The van der Waals surface area contributed by atoms with Gasteiger partial charge in [0.15, 0.2) is 0 Å². The van der Waals surface area contributed by atoms with E-state index in [1.54, 1.807) is 24.3 Å². The van der Waals surface area contributed by atoms with Gasteiger partial charge in [0, 0.05) is 12.1 Å². The number of carbonyl (C=O) groups is 2. The molecule has 1 aromatic rings. The van der Waals surface area contributed by atoms with E-state index in [2.05, 4.69) is 17.2 Å². The highest BCUT2D eigenvalue weighted by molar-refractivity contribution is 5.94. The number of hydrogen-bond acceptors (Lipinski definition) is 4. The molecule has 0 fully saturated rings. The Kier molecular flexibility index (Phi) is 7.88. The number of carbonyl (C=O) groups excluding carboxylic acids is 2. The first-order chi connectivity index (χ1) is 11.7. The standard InChI is InChI=1S/C19H26N2O4/c1-14(2)9-10-19(3,4)21-18(24)25-13-15-5-7-16(8-6-15)17(23)20-11-12-22/h5-10,22H,1,11-13H2,2-4H3,(H,20,23)(H,21,24)/b10-9+. The summed E-state index contributed by atoms with van der Waals surface area (Å²) < 4.78 is 5.20. The van der Waals surface area contributed by atoms with E-state index in [-0.39, 0.29) is 25.7 Å². The zero-order valence-corrected chi connectivity index (χ0v) is 15.0. The lowest BCUT2D eigenvalue weighted by Gasteiger charge is -2.22. The molecule has 2 amide bonds. The van der Waals surface area contributed by atoms with Crippen molar-refractivity contribution in [3.8, 4) is 0 Å². The summed E-state index contributed by atoms with van der Waals surface area (Å²) in [7, 11) is 0. The van der Waals surface area contributed by atoms with Crippen LogP contribution in [0.15, 0.2) is 48.6 Å². The molecule has 0 bridgehead atoms. The number of nitrogens with one attached hydrogen (secondary N) is 2. The van der Waals surface area contributed by atoms with Gasteiger partial charge in [-0.2, -0.15) is 0 Å². The van der Waals surface area contributed by atoms with Crippen LogP contribution in [-0.2, 0) is 11.3 Å². The quantitative estimate of drug-likeness (QED) is 0.631. The summed E-state index contributed by atoms with van der Waals surface area (Å²) in [5.74, 6) is -0.259. The molecule has 6 nitrogen and oxygen atoms in total.